The third kappa shape index (κ3) is 1.37. The van der Waals surface area contributed by atoms with E-state index < -0.39 is 0 Å². The molecule has 0 aliphatic rings. The zero-order valence-corrected chi connectivity index (χ0v) is 8.33. The van der Waals surface area contributed by atoms with Crippen LogP contribution in [0.5, 0.6) is 0 Å². The standard InChI is InChI=1S/C11H13N3/c1-7-3-10(8(2)11(12)4-7)9-5-13-14-6-9/h3-6H,12H2,1-2H3,(H,13,14). The summed E-state index contributed by atoms with van der Waals surface area (Å²) in [5.41, 5.74) is 11.2. The molecule has 2 rings (SSSR count). The molecule has 0 fully saturated rings. The number of nitrogens with two attached hydrogens (primary N) is 1. The van der Waals surface area contributed by atoms with Gasteiger partial charge in [-0.05, 0) is 36.6 Å². The second-order valence-corrected chi connectivity index (χ2v) is 3.51. The van der Waals surface area contributed by atoms with Gasteiger partial charge >= 0.3 is 0 Å². The van der Waals surface area contributed by atoms with Gasteiger partial charge in [0.05, 0.1) is 6.20 Å². The number of aryl methyl sites for hydroxylation is 1. The monoisotopic (exact) mass is 187 g/mol. The predicted octanol–water partition coefficient (Wildman–Crippen LogP) is 2.28. The number of nitrogens with one attached hydrogen (secondary N) is 1. The lowest BCUT2D eigenvalue weighted by atomic mass is 9.99. The van der Waals surface area contributed by atoms with Crippen LogP contribution in [0.15, 0.2) is 24.5 Å². The van der Waals surface area contributed by atoms with Crippen molar-refractivity contribution in [1.82, 2.24) is 10.2 Å². The van der Waals surface area contributed by atoms with Crippen molar-refractivity contribution in [3.63, 3.8) is 0 Å². The van der Waals surface area contributed by atoms with Crippen LogP contribution >= 0.6 is 0 Å². The molecule has 72 valence electrons. The fraction of sp³-hybridized carbons (Fsp3) is 0.182. The summed E-state index contributed by atoms with van der Waals surface area (Å²) in [6.07, 6.45) is 3.68. The Balaban J connectivity index is 2.64. The van der Waals surface area contributed by atoms with Gasteiger partial charge in [0.1, 0.15) is 0 Å². The Morgan fingerprint density at radius 1 is 1.29 bits per heavy atom. The molecule has 0 amide bonds. The van der Waals surface area contributed by atoms with E-state index in [1.165, 1.54) is 5.56 Å². The van der Waals surface area contributed by atoms with Gasteiger partial charge in [0.15, 0.2) is 0 Å². The van der Waals surface area contributed by atoms with Gasteiger partial charge in [-0.1, -0.05) is 6.07 Å². The molecule has 0 spiro atoms. The highest BCUT2D eigenvalue weighted by Gasteiger charge is 2.06. The number of aromatic amines is 1. The average Bonchev–Trinajstić information content (AvgIpc) is 2.63. The number of nitrogen functional groups attached to an aromatic ring is 1. The first-order valence-electron chi connectivity index (χ1n) is 4.54. The summed E-state index contributed by atoms with van der Waals surface area (Å²) in [6, 6.07) is 4.11. The zero-order valence-electron chi connectivity index (χ0n) is 8.33. The fourth-order valence-corrected chi connectivity index (χ4v) is 1.58. The van der Waals surface area contributed by atoms with Crippen molar-refractivity contribution in [2.45, 2.75) is 13.8 Å². The van der Waals surface area contributed by atoms with Gasteiger partial charge in [0.2, 0.25) is 0 Å². The first-order valence-corrected chi connectivity index (χ1v) is 4.54. The van der Waals surface area contributed by atoms with E-state index in [1.54, 1.807) is 6.20 Å². The first kappa shape index (κ1) is 8.81. The topological polar surface area (TPSA) is 54.7 Å². The molecule has 0 radical (unpaired) electrons. The molecular weight excluding hydrogens is 174 g/mol. The second-order valence-electron chi connectivity index (χ2n) is 3.51. The van der Waals surface area contributed by atoms with Crippen LogP contribution in [0.4, 0.5) is 5.69 Å². The summed E-state index contributed by atoms with van der Waals surface area (Å²) in [4.78, 5) is 0. The minimum atomic E-state index is 0.834. The van der Waals surface area contributed by atoms with Gasteiger partial charge in [-0.3, -0.25) is 5.10 Å². The first-order chi connectivity index (χ1) is 6.68. The number of benzene rings is 1. The van der Waals surface area contributed by atoms with Gasteiger partial charge in [-0.2, -0.15) is 5.10 Å². The highest BCUT2D eigenvalue weighted by molar-refractivity contribution is 5.72. The molecule has 1 heterocycles. The highest BCUT2D eigenvalue weighted by Crippen LogP contribution is 2.27. The van der Waals surface area contributed by atoms with Crippen LogP contribution in [0.25, 0.3) is 11.1 Å². The largest absolute Gasteiger partial charge is 0.398 e. The van der Waals surface area contributed by atoms with E-state index in [0.29, 0.717) is 0 Å². The van der Waals surface area contributed by atoms with E-state index in [9.17, 15) is 0 Å². The maximum atomic E-state index is 5.90. The summed E-state index contributed by atoms with van der Waals surface area (Å²) in [5, 5.41) is 6.74. The lowest BCUT2D eigenvalue weighted by molar-refractivity contribution is 1.09. The van der Waals surface area contributed by atoms with Crippen LogP contribution < -0.4 is 5.73 Å². The molecule has 0 aliphatic heterocycles. The smallest absolute Gasteiger partial charge is 0.0565 e. The maximum absolute atomic E-state index is 5.90. The van der Waals surface area contributed by atoms with Crippen LogP contribution in [-0.4, -0.2) is 10.2 Å². The summed E-state index contributed by atoms with van der Waals surface area (Å²) in [6.45, 7) is 4.07. The number of H-pyrrole nitrogens is 1. The number of hydrogen-bond donors (Lipinski definition) is 2. The van der Waals surface area contributed by atoms with Crippen LogP contribution in [0, 0.1) is 13.8 Å². The molecular formula is C11H13N3. The van der Waals surface area contributed by atoms with Crippen molar-refractivity contribution >= 4 is 5.69 Å². The SMILES string of the molecule is Cc1cc(N)c(C)c(-c2cn[nH]c2)c1. The van der Waals surface area contributed by atoms with Crippen molar-refractivity contribution in [2.24, 2.45) is 0 Å². The summed E-state index contributed by atoms with van der Waals surface area (Å²) in [5.74, 6) is 0. The molecule has 0 bridgehead atoms. The molecule has 2 aromatic rings. The van der Waals surface area contributed by atoms with Crippen molar-refractivity contribution in [2.75, 3.05) is 5.73 Å². The Bertz CT molecular complexity index is 444. The van der Waals surface area contributed by atoms with E-state index >= 15 is 0 Å². The quantitative estimate of drug-likeness (QED) is 0.673. The molecule has 0 unspecified atom stereocenters. The van der Waals surface area contributed by atoms with E-state index in [1.807, 2.05) is 26.1 Å². The van der Waals surface area contributed by atoms with Gasteiger partial charge in [-0.25, -0.2) is 0 Å². The third-order valence-corrected chi connectivity index (χ3v) is 2.40. The van der Waals surface area contributed by atoms with Crippen molar-refractivity contribution < 1.29 is 0 Å². The fourth-order valence-electron chi connectivity index (χ4n) is 1.58. The van der Waals surface area contributed by atoms with E-state index in [4.69, 9.17) is 5.73 Å². The van der Waals surface area contributed by atoms with Gasteiger partial charge in [-0.15, -0.1) is 0 Å². The summed E-state index contributed by atoms with van der Waals surface area (Å²) < 4.78 is 0. The molecule has 0 saturated carbocycles. The van der Waals surface area contributed by atoms with Crippen LogP contribution in [-0.2, 0) is 0 Å². The molecule has 3 heteroatoms. The van der Waals surface area contributed by atoms with Crippen molar-refractivity contribution in [3.8, 4) is 11.1 Å². The lowest BCUT2D eigenvalue weighted by Crippen LogP contribution is -1.93. The molecule has 14 heavy (non-hydrogen) atoms. The molecule has 1 aromatic heterocycles. The zero-order chi connectivity index (χ0) is 10.1. The minimum absolute atomic E-state index is 0.834. The second kappa shape index (κ2) is 3.18. The van der Waals surface area contributed by atoms with E-state index in [-0.39, 0.29) is 0 Å². The van der Waals surface area contributed by atoms with Gasteiger partial charge in [0.25, 0.3) is 0 Å². The Morgan fingerprint density at radius 3 is 2.71 bits per heavy atom. The summed E-state index contributed by atoms with van der Waals surface area (Å²) in [7, 11) is 0. The Labute approximate surface area is 83.0 Å². The maximum Gasteiger partial charge on any atom is 0.0565 e. The van der Waals surface area contributed by atoms with Gasteiger partial charge < -0.3 is 5.73 Å². The van der Waals surface area contributed by atoms with Crippen LogP contribution in [0.3, 0.4) is 0 Å². The Kier molecular flexibility index (Phi) is 2.00. The third-order valence-electron chi connectivity index (χ3n) is 2.40. The number of anilines is 1. The van der Waals surface area contributed by atoms with Gasteiger partial charge in [0, 0.05) is 17.4 Å². The minimum Gasteiger partial charge on any atom is -0.398 e. The average molecular weight is 187 g/mol. The molecule has 3 N–H and O–H groups in total. The summed E-state index contributed by atoms with van der Waals surface area (Å²) >= 11 is 0. The lowest BCUT2D eigenvalue weighted by Gasteiger charge is -2.08. The van der Waals surface area contributed by atoms with Crippen LogP contribution in [0.1, 0.15) is 11.1 Å². The van der Waals surface area contributed by atoms with Crippen molar-refractivity contribution in [3.05, 3.63) is 35.7 Å². The number of aromatic nitrogens is 2. The predicted molar refractivity (Wildman–Crippen MR) is 57.9 cm³/mol. The molecule has 0 atom stereocenters. The number of hydrogen-bond acceptors (Lipinski definition) is 2. The van der Waals surface area contributed by atoms with Crippen molar-refractivity contribution in [1.29, 1.82) is 0 Å². The Hall–Kier alpha value is -1.77. The van der Waals surface area contributed by atoms with E-state index in [0.717, 1.165) is 22.4 Å². The molecule has 3 nitrogen and oxygen atoms in total. The molecule has 0 aliphatic carbocycles. The normalized spacial score (nSPS) is 10.4. The van der Waals surface area contributed by atoms with Crippen LogP contribution in [0.2, 0.25) is 0 Å². The number of rotatable bonds is 1. The number of nitrogens with zero attached hydrogens (tertiary/aromatic N) is 1. The Morgan fingerprint density at radius 2 is 2.07 bits per heavy atom. The van der Waals surface area contributed by atoms with E-state index in [2.05, 4.69) is 16.3 Å². The highest BCUT2D eigenvalue weighted by atomic mass is 15.1. The molecule has 1 aromatic carbocycles. The molecule has 0 saturated heterocycles.